The van der Waals surface area contributed by atoms with Crippen LogP contribution in [0.25, 0.3) is 0 Å². The number of aliphatic hydroxyl groups excluding tert-OH is 1. The summed E-state index contributed by atoms with van der Waals surface area (Å²) in [6.07, 6.45) is 5.24. The van der Waals surface area contributed by atoms with Crippen molar-refractivity contribution in [2.45, 2.75) is 58.0 Å². The summed E-state index contributed by atoms with van der Waals surface area (Å²) in [6.45, 7) is 4.27. The van der Waals surface area contributed by atoms with Gasteiger partial charge >= 0.3 is 6.03 Å². The molecule has 0 spiro atoms. The van der Waals surface area contributed by atoms with E-state index in [0.29, 0.717) is 0 Å². The number of carbonyl (C=O) groups excluding carboxylic acids is 1. The van der Waals surface area contributed by atoms with Crippen molar-refractivity contribution in [3.05, 3.63) is 35.4 Å². The van der Waals surface area contributed by atoms with Crippen molar-refractivity contribution in [1.82, 2.24) is 10.6 Å². The highest BCUT2D eigenvalue weighted by Gasteiger charge is 2.26. The van der Waals surface area contributed by atoms with Crippen molar-refractivity contribution in [3.63, 3.8) is 0 Å². The number of rotatable bonds is 5. The Morgan fingerprint density at radius 1 is 1.27 bits per heavy atom. The number of urea groups is 1. The van der Waals surface area contributed by atoms with Crippen molar-refractivity contribution < 1.29 is 9.90 Å². The van der Waals surface area contributed by atoms with E-state index in [1.165, 1.54) is 5.56 Å². The van der Waals surface area contributed by atoms with Crippen LogP contribution in [0.3, 0.4) is 0 Å². The van der Waals surface area contributed by atoms with Crippen molar-refractivity contribution in [1.29, 1.82) is 0 Å². The third kappa shape index (κ3) is 4.47. The van der Waals surface area contributed by atoms with E-state index in [1.54, 1.807) is 0 Å². The monoisotopic (exact) mass is 304 g/mol. The van der Waals surface area contributed by atoms with E-state index in [2.05, 4.69) is 41.8 Å². The number of aliphatic hydroxyl groups is 1. The topological polar surface area (TPSA) is 61.4 Å². The first kappa shape index (κ1) is 16.8. The minimum atomic E-state index is -0.141. The lowest BCUT2D eigenvalue weighted by Gasteiger charge is -2.31. The van der Waals surface area contributed by atoms with E-state index in [9.17, 15) is 9.90 Å². The Kier molecular flexibility index (Phi) is 6.25. The molecule has 0 heterocycles. The molecule has 4 nitrogen and oxygen atoms in total. The zero-order valence-electron chi connectivity index (χ0n) is 13.6. The Morgan fingerprint density at radius 3 is 2.59 bits per heavy atom. The highest BCUT2D eigenvalue weighted by molar-refractivity contribution is 5.74. The van der Waals surface area contributed by atoms with Gasteiger partial charge in [0.25, 0.3) is 0 Å². The average Bonchev–Trinajstić information content (AvgIpc) is 2.55. The molecule has 22 heavy (non-hydrogen) atoms. The molecule has 0 saturated heterocycles. The normalized spacial score (nSPS) is 22.9. The molecule has 1 aliphatic rings. The van der Waals surface area contributed by atoms with Gasteiger partial charge in [-0.05, 0) is 37.3 Å². The minimum Gasteiger partial charge on any atom is -0.396 e. The van der Waals surface area contributed by atoms with Gasteiger partial charge in [0.2, 0.25) is 0 Å². The Labute approximate surface area is 133 Å². The highest BCUT2D eigenvalue weighted by Crippen LogP contribution is 2.24. The number of benzene rings is 1. The van der Waals surface area contributed by atoms with Gasteiger partial charge in [-0.3, -0.25) is 0 Å². The summed E-state index contributed by atoms with van der Waals surface area (Å²) in [5.41, 5.74) is 2.41. The van der Waals surface area contributed by atoms with Crippen LogP contribution in [0.1, 0.15) is 56.7 Å². The molecule has 3 N–H and O–H groups in total. The summed E-state index contributed by atoms with van der Waals surface area (Å²) in [7, 11) is 0. The first-order valence-corrected chi connectivity index (χ1v) is 8.40. The fourth-order valence-corrected chi connectivity index (χ4v) is 3.15. The number of aryl methyl sites for hydroxylation is 1. The molecule has 0 bridgehead atoms. The summed E-state index contributed by atoms with van der Waals surface area (Å²) < 4.78 is 0. The molecule has 3 unspecified atom stereocenters. The molecule has 4 heteroatoms. The fourth-order valence-electron chi connectivity index (χ4n) is 3.15. The van der Waals surface area contributed by atoms with Crippen LogP contribution in [0.4, 0.5) is 4.79 Å². The van der Waals surface area contributed by atoms with Crippen molar-refractivity contribution in [2.24, 2.45) is 5.92 Å². The maximum atomic E-state index is 12.2. The van der Waals surface area contributed by atoms with Crippen LogP contribution in [0.5, 0.6) is 0 Å². The third-order valence-electron chi connectivity index (χ3n) is 4.70. The average molecular weight is 304 g/mol. The summed E-state index contributed by atoms with van der Waals surface area (Å²) in [5.74, 6) is 0.193. The molecule has 1 fully saturated rings. The van der Waals surface area contributed by atoms with E-state index in [1.807, 2.05) is 6.92 Å². The standard InChI is InChI=1S/C18H28N2O2/c1-3-14-8-10-15(11-9-14)13(2)19-18(22)20-17-7-5-4-6-16(17)12-21/h8-11,13,16-17,21H,3-7,12H2,1-2H3,(H2,19,20,22). The first-order valence-electron chi connectivity index (χ1n) is 8.40. The summed E-state index contributed by atoms with van der Waals surface area (Å²) in [6, 6.07) is 8.28. The molecule has 1 aromatic rings. The van der Waals surface area contributed by atoms with Gasteiger partial charge in [0.05, 0.1) is 6.04 Å². The van der Waals surface area contributed by atoms with Gasteiger partial charge in [-0.2, -0.15) is 0 Å². The van der Waals surface area contributed by atoms with Gasteiger partial charge in [-0.1, -0.05) is 44.0 Å². The van der Waals surface area contributed by atoms with Gasteiger partial charge in [0.1, 0.15) is 0 Å². The molecule has 1 aromatic carbocycles. The Balaban J connectivity index is 1.87. The molecule has 0 radical (unpaired) electrons. The summed E-state index contributed by atoms with van der Waals surface area (Å²) in [4.78, 5) is 12.2. The Morgan fingerprint density at radius 2 is 1.95 bits per heavy atom. The zero-order chi connectivity index (χ0) is 15.9. The van der Waals surface area contributed by atoms with Crippen LogP contribution in [0.15, 0.2) is 24.3 Å². The van der Waals surface area contributed by atoms with E-state index in [-0.39, 0.29) is 30.6 Å². The smallest absolute Gasteiger partial charge is 0.315 e. The van der Waals surface area contributed by atoms with Gasteiger partial charge < -0.3 is 15.7 Å². The van der Waals surface area contributed by atoms with Crippen molar-refractivity contribution in [2.75, 3.05) is 6.61 Å². The number of nitrogens with one attached hydrogen (secondary N) is 2. The quantitative estimate of drug-likeness (QED) is 0.782. The maximum absolute atomic E-state index is 12.2. The number of amides is 2. The van der Waals surface area contributed by atoms with Crippen LogP contribution >= 0.6 is 0 Å². The van der Waals surface area contributed by atoms with Crippen molar-refractivity contribution in [3.8, 4) is 0 Å². The second-order valence-corrected chi connectivity index (χ2v) is 6.27. The lowest BCUT2D eigenvalue weighted by atomic mass is 9.85. The SMILES string of the molecule is CCc1ccc(C(C)NC(=O)NC2CCCCC2CO)cc1. The van der Waals surface area contributed by atoms with Crippen LogP contribution in [0.2, 0.25) is 0 Å². The Hall–Kier alpha value is -1.55. The largest absolute Gasteiger partial charge is 0.396 e. The number of hydrogen-bond donors (Lipinski definition) is 3. The zero-order valence-corrected chi connectivity index (χ0v) is 13.6. The second-order valence-electron chi connectivity index (χ2n) is 6.27. The number of hydrogen-bond acceptors (Lipinski definition) is 2. The van der Waals surface area contributed by atoms with E-state index in [0.717, 1.165) is 37.7 Å². The van der Waals surface area contributed by atoms with Gasteiger partial charge in [0.15, 0.2) is 0 Å². The van der Waals surface area contributed by atoms with E-state index >= 15 is 0 Å². The molecular weight excluding hydrogens is 276 g/mol. The third-order valence-corrected chi connectivity index (χ3v) is 4.70. The molecular formula is C18H28N2O2. The maximum Gasteiger partial charge on any atom is 0.315 e. The van der Waals surface area contributed by atoms with Crippen LogP contribution in [-0.2, 0) is 6.42 Å². The Bertz CT molecular complexity index is 472. The highest BCUT2D eigenvalue weighted by atomic mass is 16.3. The van der Waals surface area contributed by atoms with E-state index < -0.39 is 0 Å². The molecule has 1 aliphatic carbocycles. The molecule has 0 aliphatic heterocycles. The van der Waals surface area contributed by atoms with Crippen LogP contribution in [0, 0.1) is 5.92 Å². The molecule has 1 saturated carbocycles. The van der Waals surface area contributed by atoms with Gasteiger partial charge in [0, 0.05) is 18.6 Å². The predicted octanol–water partition coefficient (Wildman–Crippen LogP) is 3.16. The minimum absolute atomic E-state index is 0.0259. The summed E-state index contributed by atoms with van der Waals surface area (Å²) >= 11 is 0. The van der Waals surface area contributed by atoms with Crippen LogP contribution < -0.4 is 10.6 Å². The molecule has 2 amide bonds. The molecule has 2 rings (SSSR count). The second kappa shape index (κ2) is 8.18. The van der Waals surface area contributed by atoms with Crippen molar-refractivity contribution >= 4 is 6.03 Å². The van der Waals surface area contributed by atoms with Gasteiger partial charge in [-0.25, -0.2) is 4.79 Å². The fraction of sp³-hybridized carbons (Fsp3) is 0.611. The summed E-state index contributed by atoms with van der Waals surface area (Å²) in [5, 5.41) is 15.4. The number of carbonyl (C=O) groups is 1. The van der Waals surface area contributed by atoms with Gasteiger partial charge in [-0.15, -0.1) is 0 Å². The lowest BCUT2D eigenvalue weighted by Crippen LogP contribution is -2.48. The van der Waals surface area contributed by atoms with E-state index in [4.69, 9.17) is 0 Å². The predicted molar refractivity (Wildman–Crippen MR) is 88.7 cm³/mol. The lowest BCUT2D eigenvalue weighted by molar-refractivity contribution is 0.153. The molecule has 3 atom stereocenters. The molecule has 0 aromatic heterocycles. The van der Waals surface area contributed by atoms with Crippen LogP contribution in [-0.4, -0.2) is 23.8 Å². The first-order chi connectivity index (χ1) is 10.6. The molecule has 122 valence electrons.